The zero-order chi connectivity index (χ0) is 24.0. The molecule has 0 radical (unpaired) electrons. The predicted molar refractivity (Wildman–Crippen MR) is 128 cm³/mol. The zero-order valence-corrected chi connectivity index (χ0v) is 19.7. The lowest BCUT2D eigenvalue weighted by Gasteiger charge is -2.41. The summed E-state index contributed by atoms with van der Waals surface area (Å²) in [4.78, 5) is 27.2. The standard InChI is InChI=1S/C27H28N2O5/c1-15-23(26(31)29-17-7-5-6-8-20(17)32-4)24(16-9-10-21-22(11-16)34-14-33-21)25-18(28-15)12-27(2,3)13-19(25)30/h5-12,24-25,28H,13-14H2,1-4H3,(H,29,31). The molecule has 0 bridgehead atoms. The molecule has 0 spiro atoms. The molecule has 2 unspecified atom stereocenters. The number of Topliss-reactive ketones (excluding diaryl/α,β-unsaturated/α-hetero) is 1. The SMILES string of the molecule is COc1ccccc1NC(=O)C1=C(C)NC2=CC(C)(C)CC(=O)C2C1c1ccc2c(c1)OCO2. The number of hydrogen-bond acceptors (Lipinski definition) is 6. The van der Waals surface area contributed by atoms with Gasteiger partial charge >= 0.3 is 0 Å². The molecule has 0 saturated carbocycles. The van der Waals surface area contributed by atoms with E-state index in [2.05, 4.69) is 16.7 Å². The van der Waals surface area contributed by atoms with Gasteiger partial charge < -0.3 is 24.8 Å². The quantitative estimate of drug-likeness (QED) is 0.698. The smallest absolute Gasteiger partial charge is 0.254 e. The van der Waals surface area contributed by atoms with Crippen molar-refractivity contribution in [3.05, 3.63) is 71.1 Å². The number of para-hydroxylation sites is 2. The number of amides is 1. The second kappa shape index (κ2) is 8.24. The maximum absolute atomic E-state index is 13.7. The van der Waals surface area contributed by atoms with E-state index < -0.39 is 11.8 Å². The fourth-order valence-electron chi connectivity index (χ4n) is 5.17. The van der Waals surface area contributed by atoms with Crippen LogP contribution in [0.5, 0.6) is 17.2 Å². The fraction of sp³-hybridized carbons (Fsp3) is 0.333. The molecule has 2 aromatic carbocycles. The molecule has 0 fully saturated rings. The highest BCUT2D eigenvalue weighted by atomic mass is 16.7. The van der Waals surface area contributed by atoms with Gasteiger partial charge in [0.1, 0.15) is 11.5 Å². The van der Waals surface area contributed by atoms with Crippen LogP contribution in [0.3, 0.4) is 0 Å². The Balaban J connectivity index is 1.62. The van der Waals surface area contributed by atoms with Crippen molar-refractivity contribution in [2.75, 3.05) is 19.2 Å². The molecule has 176 valence electrons. The van der Waals surface area contributed by atoms with E-state index in [1.807, 2.05) is 51.1 Å². The van der Waals surface area contributed by atoms with E-state index in [0.717, 1.165) is 11.3 Å². The first-order valence-corrected chi connectivity index (χ1v) is 11.3. The summed E-state index contributed by atoms with van der Waals surface area (Å²) in [6.07, 6.45) is 2.53. The van der Waals surface area contributed by atoms with Crippen molar-refractivity contribution in [3.63, 3.8) is 0 Å². The van der Waals surface area contributed by atoms with Crippen molar-refractivity contribution in [2.24, 2.45) is 11.3 Å². The Labute approximate surface area is 198 Å². The summed E-state index contributed by atoms with van der Waals surface area (Å²) >= 11 is 0. The van der Waals surface area contributed by atoms with Crippen LogP contribution in [0.15, 0.2) is 65.5 Å². The normalized spacial score (nSPS) is 22.5. The summed E-state index contributed by atoms with van der Waals surface area (Å²) < 4.78 is 16.5. The average Bonchev–Trinajstić information content (AvgIpc) is 3.25. The second-order valence-electron chi connectivity index (χ2n) is 9.62. The lowest BCUT2D eigenvalue weighted by atomic mass is 9.66. The van der Waals surface area contributed by atoms with Crippen molar-refractivity contribution < 1.29 is 23.8 Å². The van der Waals surface area contributed by atoms with Gasteiger partial charge in [0.25, 0.3) is 5.91 Å². The minimum atomic E-state index is -0.490. The van der Waals surface area contributed by atoms with Gasteiger partial charge in [0.2, 0.25) is 6.79 Å². The molecule has 7 nitrogen and oxygen atoms in total. The maximum Gasteiger partial charge on any atom is 0.254 e. The number of rotatable bonds is 4. The summed E-state index contributed by atoms with van der Waals surface area (Å²) in [5.74, 6) is 0.698. The average molecular weight is 461 g/mol. The summed E-state index contributed by atoms with van der Waals surface area (Å²) in [7, 11) is 1.56. The molecule has 7 heteroatoms. The van der Waals surface area contributed by atoms with Crippen LogP contribution in [0.4, 0.5) is 5.69 Å². The van der Waals surface area contributed by atoms with Gasteiger partial charge in [-0.3, -0.25) is 9.59 Å². The third kappa shape index (κ3) is 3.81. The van der Waals surface area contributed by atoms with Gasteiger partial charge in [0.15, 0.2) is 11.5 Å². The van der Waals surface area contributed by atoms with E-state index in [1.165, 1.54) is 0 Å². The van der Waals surface area contributed by atoms with Gasteiger partial charge in [0, 0.05) is 29.3 Å². The maximum atomic E-state index is 13.7. The van der Waals surface area contributed by atoms with E-state index in [-0.39, 0.29) is 23.9 Å². The molecule has 2 aliphatic heterocycles. The van der Waals surface area contributed by atoms with Crippen molar-refractivity contribution in [1.82, 2.24) is 5.32 Å². The first-order chi connectivity index (χ1) is 16.3. The first kappa shape index (κ1) is 22.1. The number of methoxy groups -OCH3 is 1. The van der Waals surface area contributed by atoms with Crippen LogP contribution < -0.4 is 24.8 Å². The number of fused-ring (bicyclic) bond motifs is 2. The van der Waals surface area contributed by atoms with Crippen LogP contribution in [0.2, 0.25) is 0 Å². The molecule has 1 amide bonds. The van der Waals surface area contributed by atoms with Gasteiger partial charge in [-0.1, -0.05) is 38.1 Å². The highest BCUT2D eigenvalue weighted by Gasteiger charge is 2.46. The number of allylic oxidation sites excluding steroid dienone is 3. The number of hydrogen-bond donors (Lipinski definition) is 2. The minimum absolute atomic E-state index is 0.104. The Morgan fingerprint density at radius 1 is 1.12 bits per heavy atom. The molecule has 5 rings (SSSR count). The molecule has 2 aromatic rings. The van der Waals surface area contributed by atoms with Crippen LogP contribution in [0.25, 0.3) is 0 Å². The first-order valence-electron chi connectivity index (χ1n) is 11.3. The van der Waals surface area contributed by atoms with Crippen molar-refractivity contribution >= 4 is 17.4 Å². The Morgan fingerprint density at radius 3 is 2.68 bits per heavy atom. The molecular weight excluding hydrogens is 432 g/mol. The molecule has 1 aliphatic carbocycles. The number of carbonyl (C=O) groups excluding carboxylic acids is 2. The summed E-state index contributed by atoms with van der Waals surface area (Å²) in [6.45, 7) is 6.13. The number of carbonyl (C=O) groups is 2. The van der Waals surface area contributed by atoms with Gasteiger partial charge in [-0.15, -0.1) is 0 Å². The lowest BCUT2D eigenvalue weighted by molar-refractivity contribution is -0.124. The van der Waals surface area contributed by atoms with Crippen molar-refractivity contribution in [3.8, 4) is 17.2 Å². The summed E-state index contributed by atoms with van der Waals surface area (Å²) in [6, 6.07) is 12.9. The van der Waals surface area contributed by atoms with Crippen LogP contribution in [-0.4, -0.2) is 25.6 Å². The number of ether oxygens (including phenoxy) is 3. The minimum Gasteiger partial charge on any atom is -0.495 e. The van der Waals surface area contributed by atoms with Crippen LogP contribution >= 0.6 is 0 Å². The molecule has 0 saturated heterocycles. The van der Waals surface area contributed by atoms with Gasteiger partial charge in [-0.25, -0.2) is 0 Å². The highest BCUT2D eigenvalue weighted by Crippen LogP contribution is 2.48. The van der Waals surface area contributed by atoms with Crippen molar-refractivity contribution in [2.45, 2.75) is 33.1 Å². The Bertz CT molecular complexity index is 1240. The van der Waals surface area contributed by atoms with Gasteiger partial charge in [0.05, 0.1) is 18.7 Å². The van der Waals surface area contributed by atoms with Gasteiger partial charge in [-0.05, 0) is 42.2 Å². The highest BCUT2D eigenvalue weighted by molar-refractivity contribution is 6.07. The topological polar surface area (TPSA) is 85.9 Å². The number of ketones is 1. The van der Waals surface area contributed by atoms with Crippen LogP contribution in [0, 0.1) is 11.3 Å². The molecular formula is C27H28N2O5. The summed E-state index contributed by atoms with van der Waals surface area (Å²) in [5.41, 5.74) is 3.21. The Morgan fingerprint density at radius 2 is 1.88 bits per heavy atom. The fourth-order valence-corrected chi connectivity index (χ4v) is 5.17. The van der Waals surface area contributed by atoms with Gasteiger partial charge in [-0.2, -0.15) is 0 Å². The number of anilines is 1. The van der Waals surface area contributed by atoms with Crippen molar-refractivity contribution in [1.29, 1.82) is 0 Å². The Hall–Kier alpha value is -3.74. The Kier molecular flexibility index (Phi) is 5.35. The monoisotopic (exact) mass is 460 g/mol. The third-order valence-corrected chi connectivity index (χ3v) is 6.59. The predicted octanol–water partition coefficient (Wildman–Crippen LogP) is 4.52. The molecule has 34 heavy (non-hydrogen) atoms. The number of nitrogens with one attached hydrogen (secondary N) is 2. The third-order valence-electron chi connectivity index (χ3n) is 6.59. The van der Waals surface area contributed by atoms with E-state index in [4.69, 9.17) is 14.2 Å². The zero-order valence-electron chi connectivity index (χ0n) is 19.7. The molecule has 2 heterocycles. The van der Waals surface area contributed by atoms with Crippen LogP contribution in [0.1, 0.15) is 38.7 Å². The molecule has 2 N–H and O–H groups in total. The van der Waals surface area contributed by atoms with Crippen LogP contribution in [-0.2, 0) is 9.59 Å². The van der Waals surface area contributed by atoms with E-state index in [1.54, 1.807) is 19.2 Å². The van der Waals surface area contributed by atoms with E-state index >= 15 is 0 Å². The molecule has 2 atom stereocenters. The van der Waals surface area contributed by atoms with E-state index in [0.29, 0.717) is 40.6 Å². The largest absolute Gasteiger partial charge is 0.495 e. The van der Waals surface area contributed by atoms with E-state index in [9.17, 15) is 9.59 Å². The second-order valence-corrected chi connectivity index (χ2v) is 9.62. The molecule has 3 aliphatic rings. The number of benzene rings is 2. The molecule has 0 aromatic heterocycles. The summed E-state index contributed by atoms with van der Waals surface area (Å²) in [5, 5.41) is 6.37. The lowest BCUT2D eigenvalue weighted by Crippen LogP contribution is -2.44.